The second-order valence-corrected chi connectivity index (χ2v) is 7.62. The van der Waals surface area contributed by atoms with Crippen molar-refractivity contribution < 1.29 is 14.3 Å². The Labute approximate surface area is 173 Å². The maximum Gasteiger partial charge on any atom is 0.234 e. The molecule has 4 rings (SSSR count). The summed E-state index contributed by atoms with van der Waals surface area (Å²) in [5.41, 5.74) is 1.58. The summed E-state index contributed by atoms with van der Waals surface area (Å²) in [7, 11) is 3.14. The maximum absolute atomic E-state index is 12.4. The van der Waals surface area contributed by atoms with Crippen LogP contribution in [-0.4, -0.2) is 40.6 Å². The highest BCUT2D eigenvalue weighted by Gasteiger charge is 2.30. The summed E-state index contributed by atoms with van der Waals surface area (Å²) in [6.45, 7) is 0. The van der Waals surface area contributed by atoms with Gasteiger partial charge < -0.3 is 14.8 Å². The molecule has 150 valence electrons. The molecule has 0 spiro atoms. The standard InChI is InChI=1S/C21H22N4O3S/c1-27-16-10-11-17(18(12-16)28-2)22-19(26)13-29-21-23-20(14-8-9-14)25(24-21)15-6-4-3-5-7-15/h3-7,10-12,14H,8-9,13H2,1-2H3,(H,22,26). The first-order chi connectivity index (χ1) is 14.2. The Hall–Kier alpha value is -3.00. The molecule has 0 atom stereocenters. The topological polar surface area (TPSA) is 78.3 Å². The van der Waals surface area contributed by atoms with Gasteiger partial charge in [-0.05, 0) is 37.1 Å². The monoisotopic (exact) mass is 410 g/mol. The summed E-state index contributed by atoms with van der Waals surface area (Å²) < 4.78 is 12.4. The number of amides is 1. The molecule has 0 aliphatic heterocycles. The van der Waals surface area contributed by atoms with E-state index in [1.54, 1.807) is 32.4 Å². The third-order valence-corrected chi connectivity index (χ3v) is 5.41. The molecule has 1 aromatic heterocycles. The lowest BCUT2D eigenvalue weighted by Gasteiger charge is -2.11. The second kappa shape index (κ2) is 8.57. The van der Waals surface area contributed by atoms with Crippen LogP contribution in [0.15, 0.2) is 53.7 Å². The minimum absolute atomic E-state index is 0.150. The molecule has 8 heteroatoms. The van der Waals surface area contributed by atoms with E-state index in [4.69, 9.17) is 9.47 Å². The molecule has 1 fully saturated rings. The van der Waals surface area contributed by atoms with Crippen molar-refractivity contribution in [1.82, 2.24) is 14.8 Å². The van der Waals surface area contributed by atoms with Gasteiger partial charge >= 0.3 is 0 Å². The normalized spacial score (nSPS) is 13.2. The number of carbonyl (C=O) groups excluding carboxylic acids is 1. The molecule has 2 aromatic carbocycles. The van der Waals surface area contributed by atoms with Crippen LogP contribution in [0, 0.1) is 0 Å². The van der Waals surface area contributed by atoms with Crippen molar-refractivity contribution in [2.75, 3.05) is 25.3 Å². The fraction of sp³-hybridized carbons (Fsp3) is 0.286. The lowest BCUT2D eigenvalue weighted by Crippen LogP contribution is -2.14. The Morgan fingerprint density at radius 1 is 1.17 bits per heavy atom. The van der Waals surface area contributed by atoms with Crippen molar-refractivity contribution in [3.63, 3.8) is 0 Å². The first kappa shape index (κ1) is 19.3. The zero-order chi connectivity index (χ0) is 20.2. The van der Waals surface area contributed by atoms with Crippen LogP contribution in [0.5, 0.6) is 11.5 Å². The molecule has 1 aliphatic rings. The number of rotatable bonds is 8. The van der Waals surface area contributed by atoms with Gasteiger partial charge in [0.1, 0.15) is 17.3 Å². The Balaban J connectivity index is 1.43. The van der Waals surface area contributed by atoms with Crippen LogP contribution in [0.4, 0.5) is 5.69 Å². The van der Waals surface area contributed by atoms with Crippen LogP contribution < -0.4 is 14.8 Å². The van der Waals surface area contributed by atoms with Crippen LogP contribution in [0.1, 0.15) is 24.6 Å². The number of anilines is 1. The number of hydrogen-bond acceptors (Lipinski definition) is 6. The lowest BCUT2D eigenvalue weighted by molar-refractivity contribution is -0.113. The summed E-state index contributed by atoms with van der Waals surface area (Å²) in [4.78, 5) is 17.1. The molecule has 7 nitrogen and oxygen atoms in total. The molecule has 1 amide bonds. The van der Waals surface area contributed by atoms with E-state index >= 15 is 0 Å². The highest BCUT2D eigenvalue weighted by Crippen LogP contribution is 2.40. The SMILES string of the molecule is COc1ccc(NC(=O)CSc2nc(C3CC3)n(-c3ccccc3)n2)c(OC)c1. The number of nitrogens with zero attached hydrogens (tertiary/aromatic N) is 3. The molecule has 3 aromatic rings. The molecule has 0 radical (unpaired) electrons. The van der Waals surface area contributed by atoms with Crippen LogP contribution in [0.3, 0.4) is 0 Å². The highest BCUT2D eigenvalue weighted by atomic mass is 32.2. The molecule has 1 heterocycles. The van der Waals surface area contributed by atoms with Crippen molar-refractivity contribution in [2.24, 2.45) is 0 Å². The number of ether oxygens (including phenoxy) is 2. The van der Waals surface area contributed by atoms with E-state index in [0.29, 0.717) is 28.3 Å². The summed E-state index contributed by atoms with van der Waals surface area (Å²) in [6.07, 6.45) is 2.26. The van der Waals surface area contributed by atoms with Crippen molar-refractivity contribution in [1.29, 1.82) is 0 Å². The zero-order valence-corrected chi connectivity index (χ0v) is 17.1. The fourth-order valence-electron chi connectivity index (χ4n) is 2.95. The maximum atomic E-state index is 12.4. The summed E-state index contributed by atoms with van der Waals surface area (Å²) in [6, 6.07) is 15.2. The average molecular weight is 410 g/mol. The van der Waals surface area contributed by atoms with Gasteiger partial charge in [0.05, 0.1) is 31.3 Å². The third kappa shape index (κ3) is 4.54. The summed E-state index contributed by atoms with van der Waals surface area (Å²) >= 11 is 1.32. The van der Waals surface area contributed by atoms with E-state index in [0.717, 1.165) is 24.4 Å². The number of hydrogen-bond donors (Lipinski definition) is 1. The molecular formula is C21H22N4O3S. The number of thioether (sulfide) groups is 1. The van der Waals surface area contributed by atoms with E-state index in [-0.39, 0.29) is 11.7 Å². The number of para-hydroxylation sites is 1. The Morgan fingerprint density at radius 2 is 1.97 bits per heavy atom. The lowest BCUT2D eigenvalue weighted by atomic mass is 10.2. The first-order valence-corrected chi connectivity index (χ1v) is 10.3. The van der Waals surface area contributed by atoms with Gasteiger partial charge in [-0.15, -0.1) is 5.10 Å². The molecule has 0 saturated heterocycles. The highest BCUT2D eigenvalue weighted by molar-refractivity contribution is 7.99. The van der Waals surface area contributed by atoms with Gasteiger partial charge in [-0.1, -0.05) is 30.0 Å². The van der Waals surface area contributed by atoms with Crippen LogP contribution in [-0.2, 0) is 4.79 Å². The Kier molecular flexibility index (Phi) is 5.71. The largest absolute Gasteiger partial charge is 0.497 e. The smallest absolute Gasteiger partial charge is 0.234 e. The van der Waals surface area contributed by atoms with E-state index in [9.17, 15) is 4.79 Å². The van der Waals surface area contributed by atoms with Gasteiger partial charge in [0.25, 0.3) is 0 Å². The van der Waals surface area contributed by atoms with Crippen LogP contribution >= 0.6 is 11.8 Å². The number of nitrogens with one attached hydrogen (secondary N) is 1. The van der Waals surface area contributed by atoms with Crippen molar-refractivity contribution >= 4 is 23.4 Å². The van der Waals surface area contributed by atoms with E-state index in [2.05, 4.69) is 15.4 Å². The number of benzene rings is 2. The quantitative estimate of drug-likeness (QED) is 0.568. The molecular weight excluding hydrogens is 388 g/mol. The van der Waals surface area contributed by atoms with Crippen LogP contribution in [0.2, 0.25) is 0 Å². The number of carbonyl (C=O) groups is 1. The predicted octanol–water partition coefficient (Wildman–Crippen LogP) is 3.89. The second-order valence-electron chi connectivity index (χ2n) is 6.68. The van der Waals surface area contributed by atoms with E-state index in [1.807, 2.05) is 35.0 Å². The summed E-state index contributed by atoms with van der Waals surface area (Å²) in [5.74, 6) is 2.69. The Bertz CT molecular complexity index is 1000. The molecule has 1 aliphatic carbocycles. The van der Waals surface area contributed by atoms with Gasteiger partial charge in [0.15, 0.2) is 0 Å². The van der Waals surface area contributed by atoms with Crippen molar-refractivity contribution in [2.45, 2.75) is 23.9 Å². The number of methoxy groups -OCH3 is 2. The van der Waals surface area contributed by atoms with Crippen molar-refractivity contribution in [3.05, 3.63) is 54.4 Å². The average Bonchev–Trinajstić information content (AvgIpc) is 3.52. The molecule has 0 unspecified atom stereocenters. The first-order valence-electron chi connectivity index (χ1n) is 9.35. The predicted molar refractivity (Wildman–Crippen MR) is 112 cm³/mol. The molecule has 1 saturated carbocycles. The van der Waals surface area contributed by atoms with Gasteiger partial charge in [0.2, 0.25) is 11.1 Å². The van der Waals surface area contributed by atoms with Crippen molar-refractivity contribution in [3.8, 4) is 17.2 Å². The van der Waals surface area contributed by atoms with Gasteiger partial charge in [-0.3, -0.25) is 4.79 Å². The minimum atomic E-state index is -0.150. The number of aromatic nitrogens is 3. The van der Waals surface area contributed by atoms with Gasteiger partial charge in [0, 0.05) is 12.0 Å². The fourth-order valence-corrected chi connectivity index (χ4v) is 3.58. The minimum Gasteiger partial charge on any atom is -0.497 e. The zero-order valence-electron chi connectivity index (χ0n) is 16.3. The molecule has 0 bridgehead atoms. The Morgan fingerprint density at radius 3 is 2.66 bits per heavy atom. The van der Waals surface area contributed by atoms with Gasteiger partial charge in [-0.2, -0.15) is 0 Å². The van der Waals surface area contributed by atoms with Gasteiger partial charge in [-0.25, -0.2) is 9.67 Å². The third-order valence-electron chi connectivity index (χ3n) is 4.57. The van der Waals surface area contributed by atoms with E-state index in [1.165, 1.54) is 11.8 Å². The van der Waals surface area contributed by atoms with E-state index < -0.39 is 0 Å². The molecule has 29 heavy (non-hydrogen) atoms. The molecule has 1 N–H and O–H groups in total. The van der Waals surface area contributed by atoms with Crippen LogP contribution in [0.25, 0.3) is 5.69 Å². The summed E-state index contributed by atoms with van der Waals surface area (Å²) in [5, 5.41) is 8.10.